The number of aromatic nitrogens is 2. The van der Waals surface area contributed by atoms with Gasteiger partial charge in [-0.2, -0.15) is 0 Å². The molecule has 5 nitrogen and oxygen atoms in total. The molecule has 26 heavy (non-hydrogen) atoms. The Bertz CT molecular complexity index is 969. The fourth-order valence-corrected chi connectivity index (χ4v) is 3.80. The third-order valence-corrected chi connectivity index (χ3v) is 5.21. The van der Waals surface area contributed by atoms with Gasteiger partial charge in [0, 0.05) is 35.8 Å². The van der Waals surface area contributed by atoms with Crippen LogP contribution in [0.4, 0.5) is 4.39 Å². The van der Waals surface area contributed by atoms with Gasteiger partial charge in [-0.25, -0.2) is 9.37 Å². The van der Waals surface area contributed by atoms with Crippen molar-refractivity contribution in [2.24, 2.45) is 5.92 Å². The number of fused-ring (bicyclic) bond motifs is 1. The minimum Gasteiger partial charge on any atom is -0.445 e. The lowest BCUT2D eigenvalue weighted by Crippen LogP contribution is -2.26. The maximum atomic E-state index is 13.0. The number of hydrogen-bond donors (Lipinski definition) is 0. The van der Waals surface area contributed by atoms with Crippen molar-refractivity contribution in [1.82, 2.24) is 14.9 Å². The molecule has 3 aromatic rings. The smallest absolute Gasteiger partial charge is 0.254 e. The van der Waals surface area contributed by atoms with Crippen molar-refractivity contribution in [3.8, 4) is 11.5 Å². The van der Waals surface area contributed by atoms with E-state index in [1.165, 1.54) is 18.5 Å². The molecule has 2 atom stereocenters. The fraction of sp³-hybridized carbons (Fsp3) is 0.250. The Morgan fingerprint density at radius 1 is 1.19 bits per heavy atom. The summed E-state index contributed by atoms with van der Waals surface area (Å²) < 4.78 is 18.4. The topological polar surface area (TPSA) is 59.2 Å². The van der Waals surface area contributed by atoms with Crippen LogP contribution >= 0.6 is 0 Å². The van der Waals surface area contributed by atoms with E-state index in [-0.39, 0.29) is 11.7 Å². The zero-order chi connectivity index (χ0) is 17.7. The van der Waals surface area contributed by atoms with Crippen molar-refractivity contribution in [1.29, 1.82) is 0 Å². The van der Waals surface area contributed by atoms with Gasteiger partial charge in [-0.15, -0.1) is 0 Å². The summed E-state index contributed by atoms with van der Waals surface area (Å²) in [5, 5.41) is 0. The second kappa shape index (κ2) is 5.76. The number of pyridine rings is 1. The largest absolute Gasteiger partial charge is 0.445 e. The minimum atomic E-state index is -0.324. The number of rotatable bonds is 4. The maximum absolute atomic E-state index is 13.0. The summed E-state index contributed by atoms with van der Waals surface area (Å²) in [4.78, 5) is 23.0. The summed E-state index contributed by atoms with van der Waals surface area (Å²) in [6.07, 6.45) is 5.37. The monoisotopic (exact) mass is 349 g/mol. The van der Waals surface area contributed by atoms with Crippen LogP contribution in [0.5, 0.6) is 0 Å². The van der Waals surface area contributed by atoms with Gasteiger partial charge in [0.1, 0.15) is 12.1 Å². The molecule has 0 saturated heterocycles. The molecule has 1 saturated carbocycles. The van der Waals surface area contributed by atoms with E-state index >= 15 is 0 Å². The highest BCUT2D eigenvalue weighted by Gasteiger charge is 2.43. The molecule has 5 rings (SSSR count). The van der Waals surface area contributed by atoms with Gasteiger partial charge >= 0.3 is 0 Å². The lowest BCUT2D eigenvalue weighted by molar-refractivity contribution is 0.0770. The van der Waals surface area contributed by atoms with Gasteiger partial charge < -0.3 is 9.32 Å². The average Bonchev–Trinajstić information content (AvgIpc) is 3.06. The van der Waals surface area contributed by atoms with Crippen LogP contribution in [0.1, 0.15) is 34.0 Å². The molecule has 0 bridgehead atoms. The van der Waals surface area contributed by atoms with Crippen molar-refractivity contribution in [3.05, 3.63) is 71.6 Å². The number of oxazole rings is 1. The first-order chi connectivity index (χ1) is 12.7. The second-order valence-electron chi connectivity index (χ2n) is 6.86. The van der Waals surface area contributed by atoms with E-state index in [2.05, 4.69) is 9.97 Å². The van der Waals surface area contributed by atoms with Crippen LogP contribution in [0.2, 0.25) is 0 Å². The van der Waals surface area contributed by atoms with Crippen LogP contribution in [0.15, 0.2) is 53.4 Å². The zero-order valence-corrected chi connectivity index (χ0v) is 13.9. The molecular weight excluding hydrogens is 333 g/mol. The Morgan fingerprint density at radius 2 is 2.08 bits per heavy atom. The van der Waals surface area contributed by atoms with Crippen molar-refractivity contribution < 1.29 is 13.6 Å². The molecule has 130 valence electrons. The second-order valence-corrected chi connectivity index (χ2v) is 6.86. The predicted molar refractivity (Wildman–Crippen MR) is 91.7 cm³/mol. The molecular formula is C20H16FN3O2. The van der Waals surface area contributed by atoms with Gasteiger partial charge in [0.15, 0.2) is 0 Å². The molecule has 0 spiro atoms. The molecule has 1 amide bonds. The fourth-order valence-electron chi connectivity index (χ4n) is 3.80. The first kappa shape index (κ1) is 15.3. The molecule has 2 aliphatic rings. The molecule has 2 aromatic heterocycles. The average molecular weight is 349 g/mol. The predicted octanol–water partition coefficient (Wildman–Crippen LogP) is 3.64. The van der Waals surface area contributed by atoms with Crippen molar-refractivity contribution in [3.63, 3.8) is 0 Å². The molecule has 1 aliphatic carbocycles. The van der Waals surface area contributed by atoms with E-state index in [1.807, 2.05) is 23.1 Å². The lowest BCUT2D eigenvalue weighted by atomic mass is 10.0. The number of nitrogens with zero attached hydrogens (tertiary/aromatic N) is 3. The number of benzene rings is 1. The quantitative estimate of drug-likeness (QED) is 0.722. The number of halogens is 1. The van der Waals surface area contributed by atoms with Gasteiger partial charge in [0.25, 0.3) is 5.91 Å². The third kappa shape index (κ3) is 2.49. The normalized spacial score (nSPS) is 21.1. The van der Waals surface area contributed by atoms with Gasteiger partial charge in [-0.3, -0.25) is 9.78 Å². The first-order valence-corrected chi connectivity index (χ1v) is 8.63. The van der Waals surface area contributed by atoms with Crippen molar-refractivity contribution in [2.75, 3.05) is 6.54 Å². The third-order valence-electron chi connectivity index (χ3n) is 5.21. The maximum Gasteiger partial charge on any atom is 0.254 e. The molecule has 0 unspecified atom stereocenters. The Morgan fingerprint density at radius 3 is 2.85 bits per heavy atom. The molecule has 1 aliphatic heterocycles. The molecule has 6 heteroatoms. The van der Waals surface area contributed by atoms with Crippen LogP contribution in [0, 0.1) is 11.7 Å². The van der Waals surface area contributed by atoms with Crippen LogP contribution < -0.4 is 0 Å². The highest BCUT2D eigenvalue weighted by molar-refractivity contribution is 6.00. The SMILES string of the molecule is O=C1c2cccc(-c3ncco3)c2CN1C[C@@H]1C[C@H]1c1ccc(F)cn1. The van der Waals surface area contributed by atoms with E-state index in [1.54, 1.807) is 12.3 Å². The Labute approximate surface area is 149 Å². The highest BCUT2D eigenvalue weighted by atomic mass is 19.1. The van der Waals surface area contributed by atoms with Gasteiger partial charge in [-0.05, 0) is 42.2 Å². The highest BCUT2D eigenvalue weighted by Crippen LogP contribution is 2.48. The number of carbonyl (C=O) groups is 1. The molecule has 0 radical (unpaired) electrons. The summed E-state index contributed by atoms with van der Waals surface area (Å²) in [5.74, 6) is 0.937. The summed E-state index contributed by atoms with van der Waals surface area (Å²) in [6.45, 7) is 1.25. The Kier molecular flexibility index (Phi) is 3.38. The van der Waals surface area contributed by atoms with E-state index in [4.69, 9.17) is 4.42 Å². The first-order valence-electron chi connectivity index (χ1n) is 8.63. The van der Waals surface area contributed by atoms with E-state index in [0.29, 0.717) is 30.8 Å². The standard InChI is InChI=1S/C20H16FN3O2/c21-13-4-5-18(23-9-13)16-8-12(16)10-24-11-17-14(19-22-6-7-26-19)2-1-3-15(17)20(24)25/h1-7,9,12,16H,8,10-11H2/t12-,16+/m0/s1. The molecule has 0 N–H and O–H groups in total. The van der Waals surface area contributed by atoms with Crippen LogP contribution in [0.3, 0.4) is 0 Å². The lowest BCUT2D eigenvalue weighted by Gasteiger charge is -2.15. The van der Waals surface area contributed by atoms with Crippen LogP contribution in [-0.4, -0.2) is 27.3 Å². The van der Waals surface area contributed by atoms with Gasteiger partial charge in [-0.1, -0.05) is 6.07 Å². The van der Waals surface area contributed by atoms with E-state index < -0.39 is 0 Å². The number of carbonyl (C=O) groups excluding carboxylic acids is 1. The Balaban J connectivity index is 1.34. The van der Waals surface area contributed by atoms with E-state index in [0.717, 1.165) is 28.8 Å². The summed E-state index contributed by atoms with van der Waals surface area (Å²) >= 11 is 0. The molecule has 1 fully saturated rings. The summed E-state index contributed by atoms with van der Waals surface area (Å²) in [5.41, 5.74) is 3.46. The van der Waals surface area contributed by atoms with E-state index in [9.17, 15) is 9.18 Å². The number of hydrogen-bond acceptors (Lipinski definition) is 4. The van der Waals surface area contributed by atoms with Crippen LogP contribution in [-0.2, 0) is 6.54 Å². The Hall–Kier alpha value is -3.02. The summed E-state index contributed by atoms with van der Waals surface area (Å²) in [6, 6.07) is 8.83. The zero-order valence-electron chi connectivity index (χ0n) is 13.9. The molecule has 3 heterocycles. The van der Waals surface area contributed by atoms with Crippen molar-refractivity contribution >= 4 is 5.91 Å². The van der Waals surface area contributed by atoms with Gasteiger partial charge in [0.05, 0.1) is 12.4 Å². The number of amides is 1. The summed E-state index contributed by atoms with van der Waals surface area (Å²) in [7, 11) is 0. The van der Waals surface area contributed by atoms with Gasteiger partial charge in [0.2, 0.25) is 5.89 Å². The minimum absolute atomic E-state index is 0.0473. The molecule has 1 aromatic carbocycles. The van der Waals surface area contributed by atoms with Crippen LogP contribution in [0.25, 0.3) is 11.5 Å². The van der Waals surface area contributed by atoms with Crippen molar-refractivity contribution in [2.45, 2.75) is 18.9 Å².